The molecule has 0 aliphatic carbocycles. The Balaban J connectivity index is -0.000000445. The minimum atomic E-state index is 1.31. The average Bonchev–Trinajstić information content (AvgIpc) is 3.40. The van der Waals surface area contributed by atoms with Crippen molar-refractivity contribution in [2.24, 2.45) is 0 Å². The fourth-order valence-corrected chi connectivity index (χ4v) is 9.89. The molecule has 0 atom stereocenters. The van der Waals surface area contributed by atoms with Gasteiger partial charge < -0.3 is 0 Å². The van der Waals surface area contributed by atoms with Crippen LogP contribution in [0.3, 0.4) is 0 Å². The fraction of sp³-hybridized carbons (Fsp3) is 0.892. The molecule has 0 aliphatic rings. The van der Waals surface area contributed by atoms with E-state index in [1.165, 1.54) is 347 Å². The molecule has 0 fully saturated rings. The zero-order valence-corrected chi connectivity index (χ0v) is 54.5. The summed E-state index contributed by atoms with van der Waals surface area (Å²) in [6.07, 6.45) is 85.9. The zero-order chi connectivity index (χ0) is 55.3. The maximum atomic E-state index is 2.50. The Morgan fingerprint density at radius 3 is 0.514 bits per heavy atom. The molecule has 444 valence electrons. The first kappa shape index (κ1) is 79.4. The summed E-state index contributed by atoms with van der Waals surface area (Å²) < 4.78 is 0. The molecule has 0 N–H and O–H groups in total. The lowest BCUT2D eigenvalue weighted by Gasteiger charge is -2.03. The Bertz CT molecular complexity index is 1040. The summed E-state index contributed by atoms with van der Waals surface area (Å²) in [5.74, 6) is 0. The third-order valence-corrected chi connectivity index (χ3v) is 15.6. The summed E-state index contributed by atoms with van der Waals surface area (Å²) in [7, 11) is 0. The molecule has 0 heteroatoms. The first-order chi connectivity index (χ1) is 36.2. The maximum absolute atomic E-state index is 2.50. The quantitative estimate of drug-likeness (QED) is 0.0421. The van der Waals surface area contributed by atoms with Crippen LogP contribution in [0.2, 0.25) is 0 Å². The van der Waals surface area contributed by atoms with Gasteiger partial charge in [-0.2, -0.15) is 0 Å². The maximum Gasteiger partial charge on any atom is -0.0323 e. The first-order valence-corrected chi connectivity index (χ1v) is 34.8. The van der Waals surface area contributed by atoms with E-state index < -0.39 is 0 Å². The van der Waals surface area contributed by atoms with E-state index in [2.05, 4.69) is 107 Å². The van der Waals surface area contributed by atoms with Crippen LogP contribution >= 0.6 is 0 Å². The van der Waals surface area contributed by atoms with Gasteiger partial charge in [-0.25, -0.2) is 0 Å². The van der Waals surface area contributed by atoms with Gasteiger partial charge in [0, 0.05) is 0 Å². The summed E-state index contributed by atoms with van der Waals surface area (Å²) in [4.78, 5) is 0. The molecule has 0 amide bonds. The van der Waals surface area contributed by atoms with Crippen molar-refractivity contribution >= 4 is 0 Å². The van der Waals surface area contributed by atoms with Gasteiger partial charge in [-0.05, 0) is 125 Å². The Labute approximate surface area is 474 Å². The topological polar surface area (TPSA) is 0 Å². The standard InChI is InChI=1S/3C20H40.C14H28/c3*1-4-6-8-10-12-13-15-17-19-20(3)18-16-14-11-9-7-5-2;1-4-6-7-8-9-10-11-12-13-14(3)5-2/h2*19H,4-18H2,1-3H3;18H,4-17,19H2,1-3H3;5H,4,6-13H2,1-3H3/b20-19+;20-19-;20-18-;14-5+. The molecule has 0 saturated heterocycles. The van der Waals surface area contributed by atoms with Crippen LogP contribution in [0.25, 0.3) is 0 Å². The van der Waals surface area contributed by atoms with Gasteiger partial charge in [0.05, 0.1) is 0 Å². The van der Waals surface area contributed by atoms with Crippen molar-refractivity contribution in [3.63, 3.8) is 0 Å². The lowest BCUT2D eigenvalue weighted by Crippen LogP contribution is -1.83. The summed E-state index contributed by atoms with van der Waals surface area (Å²) in [5, 5.41) is 0. The van der Waals surface area contributed by atoms with E-state index in [0.717, 1.165) is 0 Å². The zero-order valence-electron chi connectivity index (χ0n) is 54.5. The van der Waals surface area contributed by atoms with Crippen LogP contribution in [0.1, 0.15) is 430 Å². The van der Waals surface area contributed by atoms with Crippen LogP contribution in [-0.2, 0) is 0 Å². The van der Waals surface area contributed by atoms with Crippen molar-refractivity contribution in [3.05, 3.63) is 46.6 Å². The fourth-order valence-electron chi connectivity index (χ4n) is 9.89. The van der Waals surface area contributed by atoms with Crippen LogP contribution < -0.4 is 0 Å². The first-order valence-electron chi connectivity index (χ1n) is 34.8. The van der Waals surface area contributed by atoms with Crippen molar-refractivity contribution in [1.29, 1.82) is 0 Å². The molecule has 0 unspecified atom stereocenters. The number of hydrogen-bond donors (Lipinski definition) is 0. The predicted molar refractivity (Wildman–Crippen MR) is 350 cm³/mol. The Morgan fingerprint density at radius 1 is 0.189 bits per heavy atom. The van der Waals surface area contributed by atoms with E-state index in [4.69, 9.17) is 0 Å². The minimum absolute atomic E-state index is 1.31. The van der Waals surface area contributed by atoms with E-state index >= 15 is 0 Å². The molecule has 0 saturated carbocycles. The average molecular weight is 1040 g/mol. The number of rotatable bonds is 54. The molecule has 0 bridgehead atoms. The minimum Gasteiger partial charge on any atom is -0.0887 e. The van der Waals surface area contributed by atoms with Crippen molar-refractivity contribution in [1.82, 2.24) is 0 Å². The molecular weight excluding hydrogens is 889 g/mol. The van der Waals surface area contributed by atoms with Crippen LogP contribution in [0.15, 0.2) is 46.6 Å². The molecular formula is C74H148. The molecule has 0 aromatic carbocycles. The second kappa shape index (κ2) is 76.2. The van der Waals surface area contributed by atoms with E-state index in [-0.39, 0.29) is 0 Å². The normalized spacial score (nSPS) is 12.1. The molecule has 0 nitrogen and oxygen atoms in total. The van der Waals surface area contributed by atoms with Gasteiger partial charge in [-0.3, -0.25) is 0 Å². The molecule has 0 aromatic rings. The second-order valence-electron chi connectivity index (χ2n) is 23.8. The van der Waals surface area contributed by atoms with Gasteiger partial charge in [0.25, 0.3) is 0 Å². The van der Waals surface area contributed by atoms with Crippen molar-refractivity contribution in [2.45, 2.75) is 430 Å². The van der Waals surface area contributed by atoms with Crippen LogP contribution in [0.5, 0.6) is 0 Å². The third-order valence-electron chi connectivity index (χ3n) is 15.6. The molecule has 74 heavy (non-hydrogen) atoms. The molecule has 0 rings (SSSR count). The predicted octanol–water partition coefficient (Wildman–Crippen LogP) is 29.0. The van der Waals surface area contributed by atoms with Gasteiger partial charge in [0.15, 0.2) is 0 Å². The molecule has 0 heterocycles. The summed E-state index contributed by atoms with van der Waals surface area (Å²) in [6.45, 7) is 27.4. The van der Waals surface area contributed by atoms with Gasteiger partial charge in [-0.1, -0.05) is 352 Å². The lowest BCUT2D eigenvalue weighted by atomic mass is 10.0. The Hall–Kier alpha value is -1.04. The summed E-state index contributed by atoms with van der Waals surface area (Å²) in [6, 6.07) is 0. The van der Waals surface area contributed by atoms with Crippen LogP contribution in [0.4, 0.5) is 0 Å². The number of hydrogen-bond acceptors (Lipinski definition) is 0. The second-order valence-corrected chi connectivity index (χ2v) is 23.8. The largest absolute Gasteiger partial charge is 0.0887 e. The number of allylic oxidation sites excluding steroid dienone is 8. The van der Waals surface area contributed by atoms with E-state index in [1.54, 1.807) is 22.3 Å². The summed E-state index contributed by atoms with van der Waals surface area (Å²) in [5.41, 5.74) is 6.44. The lowest BCUT2D eigenvalue weighted by molar-refractivity contribution is 0.574. The molecule has 0 aliphatic heterocycles. The summed E-state index contributed by atoms with van der Waals surface area (Å²) >= 11 is 0. The number of unbranched alkanes of at least 4 members (excludes halogenated alkanes) is 43. The van der Waals surface area contributed by atoms with Crippen LogP contribution in [0, 0.1) is 0 Å². The Kier molecular flexibility index (Phi) is 81.8. The highest BCUT2D eigenvalue weighted by Gasteiger charge is 1.98. The highest BCUT2D eigenvalue weighted by atomic mass is 14.0. The van der Waals surface area contributed by atoms with Crippen molar-refractivity contribution in [2.75, 3.05) is 0 Å². The van der Waals surface area contributed by atoms with E-state index in [1.807, 2.05) is 0 Å². The van der Waals surface area contributed by atoms with Gasteiger partial charge in [-0.15, -0.1) is 0 Å². The van der Waals surface area contributed by atoms with Crippen molar-refractivity contribution < 1.29 is 0 Å². The van der Waals surface area contributed by atoms with E-state index in [0.29, 0.717) is 0 Å². The van der Waals surface area contributed by atoms with Crippen molar-refractivity contribution in [3.8, 4) is 0 Å². The van der Waals surface area contributed by atoms with Gasteiger partial charge in [0.2, 0.25) is 0 Å². The Morgan fingerprint density at radius 2 is 0.338 bits per heavy atom. The monoisotopic (exact) mass is 1040 g/mol. The molecule has 0 radical (unpaired) electrons. The molecule has 0 aromatic heterocycles. The highest BCUT2D eigenvalue weighted by Crippen LogP contribution is 2.18. The SMILES string of the molecule is C/C=C(\C)CCCCCCCCCC.CCCCCCC/C=C(/C)CCCCCCCCCC.CCCCCCCCC/C=C(/C)CCCCCCCC.CCCCCCCCC/C=C(\C)CCCCCCCC. The molecule has 0 spiro atoms. The van der Waals surface area contributed by atoms with Crippen LogP contribution in [-0.4, -0.2) is 0 Å². The van der Waals surface area contributed by atoms with E-state index in [9.17, 15) is 0 Å². The van der Waals surface area contributed by atoms with Gasteiger partial charge in [0.1, 0.15) is 0 Å². The smallest absolute Gasteiger partial charge is 0.0323 e. The third kappa shape index (κ3) is 82.3. The highest BCUT2D eigenvalue weighted by molar-refractivity contribution is 4.99. The van der Waals surface area contributed by atoms with Gasteiger partial charge >= 0.3 is 0 Å².